The van der Waals surface area contributed by atoms with Crippen molar-refractivity contribution in [1.82, 2.24) is 15.1 Å². The Balaban J connectivity index is 1.02. The van der Waals surface area contributed by atoms with Crippen molar-refractivity contribution in [2.45, 2.75) is 31.7 Å². The number of piperidine rings is 2. The van der Waals surface area contributed by atoms with Gasteiger partial charge >= 0.3 is 5.69 Å². The number of imide groups is 2. The summed E-state index contributed by atoms with van der Waals surface area (Å²) in [6, 6.07) is 6.52. The van der Waals surface area contributed by atoms with Gasteiger partial charge in [-0.25, -0.2) is 4.39 Å². The average Bonchev–Trinajstić information content (AvgIpc) is 3.26. The fourth-order valence-corrected chi connectivity index (χ4v) is 6.65. The van der Waals surface area contributed by atoms with Gasteiger partial charge in [-0.1, -0.05) is 0 Å². The maximum Gasteiger partial charge on any atom is 0.313 e. The summed E-state index contributed by atoms with van der Waals surface area (Å²) < 4.78 is 19.8. The van der Waals surface area contributed by atoms with Gasteiger partial charge in [0.25, 0.3) is 11.8 Å². The molecule has 0 radical (unpaired) electrons. The van der Waals surface area contributed by atoms with Gasteiger partial charge in [-0.2, -0.15) is 0 Å². The van der Waals surface area contributed by atoms with E-state index in [4.69, 9.17) is 4.74 Å². The Morgan fingerprint density at radius 2 is 1.64 bits per heavy atom. The van der Waals surface area contributed by atoms with Crippen LogP contribution < -0.4 is 19.9 Å². The van der Waals surface area contributed by atoms with E-state index in [2.05, 4.69) is 15.1 Å². The summed E-state index contributed by atoms with van der Waals surface area (Å²) in [5.41, 5.74) is 1.30. The zero-order valence-corrected chi connectivity index (χ0v) is 24.3. The minimum atomic E-state index is -0.991. The molecular formula is C30H33FN6O7. The van der Waals surface area contributed by atoms with Crippen molar-refractivity contribution in [3.05, 3.63) is 57.4 Å². The SMILES string of the molecule is COc1cc(N2CCC(CN3CCN(c4ccc5c(c4)C(=O)N(C4CCC(=O)NC4=O)C5=O)CC3)CC2)c(F)cc1[N+](=O)[O-]. The fourth-order valence-electron chi connectivity index (χ4n) is 6.65. The third-order valence-corrected chi connectivity index (χ3v) is 9.08. The Morgan fingerprint density at radius 1 is 0.932 bits per heavy atom. The summed E-state index contributed by atoms with van der Waals surface area (Å²) in [6.07, 6.45) is 1.92. The molecule has 2 aromatic rings. The summed E-state index contributed by atoms with van der Waals surface area (Å²) in [6.45, 7) is 5.31. The van der Waals surface area contributed by atoms with E-state index in [1.54, 1.807) is 12.1 Å². The summed E-state index contributed by atoms with van der Waals surface area (Å²) in [4.78, 5) is 68.1. The lowest BCUT2D eigenvalue weighted by Crippen LogP contribution is -2.54. The molecule has 1 atom stereocenters. The summed E-state index contributed by atoms with van der Waals surface area (Å²) in [5.74, 6) is -2.23. The molecule has 0 aliphatic carbocycles. The third kappa shape index (κ3) is 5.45. The van der Waals surface area contributed by atoms with Gasteiger partial charge in [0.15, 0.2) is 11.6 Å². The number of nitrogens with zero attached hydrogens (tertiary/aromatic N) is 5. The lowest BCUT2D eigenvalue weighted by Gasteiger charge is -2.40. The Morgan fingerprint density at radius 3 is 2.30 bits per heavy atom. The summed E-state index contributed by atoms with van der Waals surface area (Å²) in [5, 5.41) is 13.4. The highest BCUT2D eigenvalue weighted by Crippen LogP contribution is 2.36. The fraction of sp³-hybridized carbons (Fsp3) is 0.467. The van der Waals surface area contributed by atoms with Gasteiger partial charge in [0, 0.05) is 64.0 Å². The monoisotopic (exact) mass is 608 g/mol. The number of anilines is 2. The topological polar surface area (TPSA) is 146 Å². The predicted molar refractivity (Wildman–Crippen MR) is 156 cm³/mol. The quantitative estimate of drug-likeness (QED) is 0.282. The number of nitrogens with one attached hydrogen (secondary N) is 1. The molecule has 6 rings (SSSR count). The first kappa shape index (κ1) is 29.5. The van der Waals surface area contributed by atoms with Crippen molar-refractivity contribution in [2.24, 2.45) is 5.92 Å². The minimum absolute atomic E-state index is 0.0392. The molecule has 14 heteroatoms. The number of carbonyl (C=O) groups excluding carboxylic acids is 4. The van der Waals surface area contributed by atoms with Gasteiger partial charge in [0.1, 0.15) is 6.04 Å². The zero-order valence-electron chi connectivity index (χ0n) is 24.3. The molecular weight excluding hydrogens is 575 g/mol. The Labute approximate surface area is 252 Å². The number of hydrogen-bond acceptors (Lipinski definition) is 10. The van der Waals surface area contributed by atoms with Crippen LogP contribution in [0.15, 0.2) is 30.3 Å². The van der Waals surface area contributed by atoms with Crippen molar-refractivity contribution in [2.75, 3.05) is 62.7 Å². The van der Waals surface area contributed by atoms with Crippen molar-refractivity contribution < 1.29 is 33.2 Å². The van der Waals surface area contributed by atoms with Crippen LogP contribution in [0.4, 0.5) is 21.5 Å². The number of fused-ring (bicyclic) bond motifs is 1. The van der Waals surface area contributed by atoms with E-state index in [-0.39, 0.29) is 29.7 Å². The standard InChI is InChI=1S/C30H33FN6O7/c1-44-26-16-24(22(31)15-25(26)37(42)43)35-8-6-18(7-9-35)17-33-10-12-34(13-11-33)19-2-3-20-21(14-19)30(41)36(29(20)40)23-4-5-27(38)32-28(23)39/h2-3,14-16,18,23H,4-13,17H2,1H3,(H,32,38,39). The van der Waals surface area contributed by atoms with E-state index < -0.39 is 46.1 Å². The molecule has 4 aliphatic rings. The van der Waals surface area contributed by atoms with E-state index in [1.165, 1.54) is 13.2 Å². The molecule has 0 spiro atoms. The molecule has 1 N–H and O–H groups in total. The average molecular weight is 609 g/mol. The van der Waals surface area contributed by atoms with Crippen LogP contribution in [0, 0.1) is 21.8 Å². The zero-order chi connectivity index (χ0) is 31.1. The van der Waals surface area contributed by atoms with Gasteiger partial charge in [-0.05, 0) is 43.4 Å². The number of nitro groups is 1. The summed E-state index contributed by atoms with van der Waals surface area (Å²) in [7, 11) is 1.33. The number of rotatable bonds is 7. The molecule has 4 heterocycles. The van der Waals surface area contributed by atoms with Crippen LogP contribution in [-0.4, -0.2) is 97.3 Å². The molecule has 0 aromatic heterocycles. The normalized spacial score (nSPS) is 21.5. The largest absolute Gasteiger partial charge is 0.490 e. The van der Waals surface area contributed by atoms with Crippen LogP contribution in [-0.2, 0) is 9.59 Å². The maximum absolute atomic E-state index is 14.7. The molecule has 4 aliphatic heterocycles. The molecule has 1 unspecified atom stereocenters. The van der Waals surface area contributed by atoms with Crippen LogP contribution in [0.3, 0.4) is 0 Å². The number of amides is 4. The van der Waals surface area contributed by atoms with Crippen LogP contribution in [0.5, 0.6) is 5.75 Å². The molecule has 3 fully saturated rings. The van der Waals surface area contributed by atoms with Gasteiger partial charge in [0.05, 0.1) is 34.9 Å². The molecule has 4 amide bonds. The predicted octanol–water partition coefficient (Wildman–Crippen LogP) is 2.18. The van der Waals surface area contributed by atoms with Gasteiger partial charge in [-0.3, -0.25) is 44.4 Å². The van der Waals surface area contributed by atoms with E-state index in [0.29, 0.717) is 24.7 Å². The number of methoxy groups -OCH3 is 1. The number of hydrogen-bond donors (Lipinski definition) is 1. The first-order valence-corrected chi connectivity index (χ1v) is 14.7. The van der Waals surface area contributed by atoms with Gasteiger partial charge in [-0.15, -0.1) is 0 Å². The van der Waals surface area contributed by atoms with Crippen LogP contribution in [0.2, 0.25) is 0 Å². The highest BCUT2D eigenvalue weighted by Gasteiger charge is 2.44. The molecule has 3 saturated heterocycles. The van der Waals surface area contributed by atoms with Crippen LogP contribution in [0.1, 0.15) is 46.4 Å². The number of carbonyl (C=O) groups is 4. The lowest BCUT2D eigenvalue weighted by molar-refractivity contribution is -0.385. The van der Waals surface area contributed by atoms with Crippen molar-refractivity contribution >= 4 is 40.7 Å². The van der Waals surface area contributed by atoms with Crippen LogP contribution >= 0.6 is 0 Å². The van der Waals surface area contributed by atoms with Crippen molar-refractivity contribution in [3.63, 3.8) is 0 Å². The second-order valence-electron chi connectivity index (χ2n) is 11.6. The van der Waals surface area contributed by atoms with E-state index in [0.717, 1.165) is 62.2 Å². The highest BCUT2D eigenvalue weighted by atomic mass is 19.1. The van der Waals surface area contributed by atoms with E-state index in [1.807, 2.05) is 11.0 Å². The maximum atomic E-state index is 14.7. The number of piperazine rings is 1. The first-order chi connectivity index (χ1) is 21.1. The molecule has 0 saturated carbocycles. The Hall–Kier alpha value is -4.59. The van der Waals surface area contributed by atoms with Crippen LogP contribution in [0.25, 0.3) is 0 Å². The number of benzene rings is 2. The van der Waals surface area contributed by atoms with Gasteiger partial charge in [0.2, 0.25) is 11.8 Å². The number of ether oxygens (including phenoxy) is 1. The second-order valence-corrected chi connectivity index (χ2v) is 11.6. The minimum Gasteiger partial charge on any atom is -0.490 e. The molecule has 13 nitrogen and oxygen atoms in total. The van der Waals surface area contributed by atoms with Crippen molar-refractivity contribution in [1.29, 1.82) is 0 Å². The Kier molecular flexibility index (Phi) is 7.93. The third-order valence-electron chi connectivity index (χ3n) is 9.08. The summed E-state index contributed by atoms with van der Waals surface area (Å²) >= 11 is 0. The highest BCUT2D eigenvalue weighted by molar-refractivity contribution is 6.23. The lowest BCUT2D eigenvalue weighted by atomic mass is 9.95. The smallest absolute Gasteiger partial charge is 0.313 e. The van der Waals surface area contributed by atoms with Gasteiger partial charge < -0.3 is 14.5 Å². The van der Waals surface area contributed by atoms with E-state index >= 15 is 0 Å². The molecule has 44 heavy (non-hydrogen) atoms. The molecule has 2 aromatic carbocycles. The Bertz CT molecular complexity index is 1530. The number of halogens is 1. The first-order valence-electron chi connectivity index (χ1n) is 14.7. The van der Waals surface area contributed by atoms with Crippen molar-refractivity contribution in [3.8, 4) is 5.75 Å². The van der Waals surface area contributed by atoms with E-state index in [9.17, 15) is 33.7 Å². The molecule has 0 bridgehead atoms. The second kappa shape index (κ2) is 11.8. The number of nitro benzene ring substituents is 1. The molecule has 232 valence electrons.